The summed E-state index contributed by atoms with van der Waals surface area (Å²) in [5.74, 6) is -0.934. The van der Waals surface area contributed by atoms with Gasteiger partial charge in [-0.05, 0) is 29.8 Å². The van der Waals surface area contributed by atoms with Crippen molar-refractivity contribution in [1.82, 2.24) is 4.98 Å². The summed E-state index contributed by atoms with van der Waals surface area (Å²) < 4.78 is 16.6. The molecule has 2 aromatic carbocycles. The molecule has 0 aromatic heterocycles. The summed E-state index contributed by atoms with van der Waals surface area (Å²) in [5.41, 5.74) is 1.25. The topological polar surface area (TPSA) is 102 Å². The van der Waals surface area contributed by atoms with Gasteiger partial charge in [-0.25, -0.2) is 9.78 Å². The quantitative estimate of drug-likeness (QED) is 0.487. The first-order valence-corrected chi connectivity index (χ1v) is 9.39. The Morgan fingerprint density at radius 1 is 1.10 bits per heavy atom. The number of aromatic nitrogens is 1. The first-order chi connectivity index (χ1) is 14.8. The van der Waals surface area contributed by atoms with E-state index < -0.39 is 11.4 Å². The van der Waals surface area contributed by atoms with E-state index in [0.29, 0.717) is 22.4 Å². The number of aromatic carboxylic acids is 1. The molecule has 1 N–H and O–H groups in total. The minimum absolute atomic E-state index is 0.0139. The maximum atomic E-state index is 13.3. The lowest BCUT2D eigenvalue weighted by Crippen LogP contribution is -2.18. The van der Waals surface area contributed by atoms with Crippen LogP contribution in [0.5, 0.6) is 11.5 Å². The second-order valence-corrected chi connectivity index (χ2v) is 7.09. The van der Waals surface area contributed by atoms with Crippen LogP contribution < -0.4 is 19.8 Å². The van der Waals surface area contributed by atoms with Crippen LogP contribution in [0, 0.1) is 0 Å². The Kier molecular flexibility index (Phi) is 4.98. The van der Waals surface area contributed by atoms with Crippen LogP contribution in [0.4, 0.5) is 5.69 Å². The second kappa shape index (κ2) is 7.64. The van der Waals surface area contributed by atoms with E-state index in [9.17, 15) is 14.7 Å². The van der Waals surface area contributed by atoms with Gasteiger partial charge < -0.3 is 23.9 Å². The number of carboxylic acid groups (broad SMARTS) is 1. The fraction of sp³-hybridized carbons (Fsp3) is 0.174. The normalized spacial score (nSPS) is 11.0. The molecule has 0 saturated carbocycles. The van der Waals surface area contributed by atoms with Gasteiger partial charge in [0.2, 0.25) is 11.2 Å². The average Bonchev–Trinajstić information content (AvgIpc) is 2.76. The molecule has 158 valence electrons. The van der Waals surface area contributed by atoms with Gasteiger partial charge in [0.05, 0.1) is 19.8 Å². The van der Waals surface area contributed by atoms with Gasteiger partial charge in [-0.3, -0.25) is 4.79 Å². The highest BCUT2D eigenvalue weighted by Gasteiger charge is 2.31. The smallest absolute Gasteiger partial charge is 0.338 e. The number of carboxylic acids is 1. The number of carbonyl (C=O) groups is 1. The number of rotatable bonds is 5. The van der Waals surface area contributed by atoms with E-state index in [1.165, 1.54) is 14.2 Å². The second-order valence-electron chi connectivity index (χ2n) is 7.09. The summed E-state index contributed by atoms with van der Waals surface area (Å²) in [6.07, 6.45) is 0. The van der Waals surface area contributed by atoms with E-state index in [0.717, 1.165) is 5.69 Å². The number of anilines is 1. The predicted octanol–water partition coefficient (Wildman–Crippen LogP) is 3.74. The van der Waals surface area contributed by atoms with E-state index in [1.54, 1.807) is 36.4 Å². The standard InChI is InChI=1S/C23H20N2O6/c1-25(2)13-8-9-15-16(11-13)31-21-19(24-15)18(23(27)28)17(20(26)22(21)30-4)12-6-5-7-14(10-12)29-3/h5-11H,1-4H3,(H,27,28). The molecule has 2 aliphatic rings. The van der Waals surface area contributed by atoms with Crippen molar-refractivity contribution in [2.45, 2.75) is 0 Å². The van der Waals surface area contributed by atoms with E-state index in [-0.39, 0.29) is 28.3 Å². The first-order valence-electron chi connectivity index (χ1n) is 9.39. The molecule has 0 unspecified atom stereocenters. The molecular formula is C23H20N2O6. The number of fused-ring (bicyclic) bond motifs is 2. The van der Waals surface area contributed by atoms with Crippen molar-refractivity contribution in [3.63, 3.8) is 0 Å². The third-order valence-corrected chi connectivity index (χ3v) is 5.02. The molecule has 0 saturated heterocycles. The number of nitrogens with zero attached hydrogens (tertiary/aromatic N) is 2. The van der Waals surface area contributed by atoms with Crippen LogP contribution in [-0.4, -0.2) is 44.4 Å². The molecule has 8 heteroatoms. The van der Waals surface area contributed by atoms with Crippen molar-refractivity contribution in [2.75, 3.05) is 33.2 Å². The Morgan fingerprint density at radius 2 is 1.87 bits per heavy atom. The van der Waals surface area contributed by atoms with Crippen LogP contribution >= 0.6 is 0 Å². The molecule has 1 aliphatic carbocycles. The lowest BCUT2D eigenvalue weighted by Gasteiger charge is -2.17. The van der Waals surface area contributed by atoms with Gasteiger partial charge in [-0.2, -0.15) is 0 Å². The largest absolute Gasteiger partial charge is 0.497 e. The summed E-state index contributed by atoms with van der Waals surface area (Å²) in [5, 5.41) is 10.0. The van der Waals surface area contributed by atoms with Crippen molar-refractivity contribution in [2.24, 2.45) is 0 Å². The van der Waals surface area contributed by atoms with E-state index in [4.69, 9.17) is 13.9 Å². The lowest BCUT2D eigenvalue weighted by molar-refractivity contribution is 0.0697. The summed E-state index contributed by atoms with van der Waals surface area (Å²) in [6.45, 7) is 0. The lowest BCUT2D eigenvalue weighted by atomic mass is 9.94. The van der Waals surface area contributed by atoms with Gasteiger partial charge >= 0.3 is 5.97 Å². The predicted molar refractivity (Wildman–Crippen MR) is 117 cm³/mol. The molecule has 1 heterocycles. The highest BCUT2D eigenvalue weighted by atomic mass is 16.5. The zero-order valence-electron chi connectivity index (χ0n) is 17.4. The van der Waals surface area contributed by atoms with Gasteiger partial charge in [0, 0.05) is 25.8 Å². The van der Waals surface area contributed by atoms with Gasteiger partial charge in [-0.1, -0.05) is 12.1 Å². The van der Waals surface area contributed by atoms with Gasteiger partial charge in [-0.15, -0.1) is 0 Å². The maximum absolute atomic E-state index is 13.3. The SMILES string of the molecule is COc1cccc(-c2c(C(=O)O)c3nc4ccc(N(C)C)cc4oc-3c(OC)c2=O)c1. The Hall–Kier alpha value is -4.07. The summed E-state index contributed by atoms with van der Waals surface area (Å²) >= 11 is 0. The molecule has 0 atom stereocenters. The van der Waals surface area contributed by atoms with Crippen molar-refractivity contribution < 1.29 is 23.8 Å². The highest BCUT2D eigenvalue weighted by Crippen LogP contribution is 2.39. The highest BCUT2D eigenvalue weighted by molar-refractivity contribution is 6.04. The third kappa shape index (κ3) is 3.31. The average molecular weight is 420 g/mol. The maximum Gasteiger partial charge on any atom is 0.338 e. The molecule has 4 rings (SSSR count). The summed E-state index contributed by atoms with van der Waals surface area (Å²) in [6, 6.07) is 12.0. The van der Waals surface area contributed by atoms with Crippen LogP contribution in [0.3, 0.4) is 0 Å². The van der Waals surface area contributed by atoms with Crippen molar-refractivity contribution in [3.05, 3.63) is 58.3 Å². The molecule has 0 radical (unpaired) electrons. The van der Waals surface area contributed by atoms with Crippen molar-refractivity contribution in [3.8, 4) is 34.1 Å². The van der Waals surface area contributed by atoms with E-state index in [2.05, 4.69) is 4.98 Å². The van der Waals surface area contributed by atoms with Crippen LogP contribution in [0.1, 0.15) is 10.4 Å². The molecule has 2 aromatic rings. The fourth-order valence-electron chi connectivity index (χ4n) is 3.50. The van der Waals surface area contributed by atoms with Crippen molar-refractivity contribution in [1.29, 1.82) is 0 Å². The van der Waals surface area contributed by atoms with Crippen LogP contribution in [0.2, 0.25) is 0 Å². The molecular weight excluding hydrogens is 400 g/mol. The number of ether oxygens (including phenoxy) is 2. The molecule has 1 aliphatic heterocycles. The molecule has 31 heavy (non-hydrogen) atoms. The number of benzene rings is 3. The number of hydrogen-bond donors (Lipinski definition) is 1. The van der Waals surface area contributed by atoms with Crippen LogP contribution in [0.15, 0.2) is 51.7 Å². The Labute approximate surface area is 177 Å². The number of hydrogen-bond acceptors (Lipinski definition) is 7. The molecule has 0 bridgehead atoms. The minimum atomic E-state index is -1.30. The Balaban J connectivity index is 2.15. The summed E-state index contributed by atoms with van der Waals surface area (Å²) in [4.78, 5) is 32.0. The number of methoxy groups -OCH3 is 2. The molecule has 0 spiro atoms. The Morgan fingerprint density at radius 3 is 2.52 bits per heavy atom. The van der Waals surface area contributed by atoms with Crippen molar-refractivity contribution >= 4 is 22.8 Å². The van der Waals surface area contributed by atoms with Gasteiger partial charge in [0.1, 0.15) is 22.5 Å². The van der Waals surface area contributed by atoms with E-state index in [1.807, 2.05) is 25.1 Å². The van der Waals surface area contributed by atoms with Gasteiger partial charge in [0.25, 0.3) is 0 Å². The van der Waals surface area contributed by atoms with Crippen LogP contribution in [0.25, 0.3) is 33.7 Å². The fourth-order valence-corrected chi connectivity index (χ4v) is 3.50. The molecule has 0 amide bonds. The first kappa shape index (κ1) is 20.2. The van der Waals surface area contributed by atoms with E-state index >= 15 is 0 Å². The minimum Gasteiger partial charge on any atom is -0.497 e. The third-order valence-electron chi connectivity index (χ3n) is 5.02. The Bertz CT molecular complexity index is 1340. The summed E-state index contributed by atoms with van der Waals surface area (Å²) in [7, 11) is 6.59. The zero-order chi connectivity index (χ0) is 22.3. The van der Waals surface area contributed by atoms with Crippen LogP contribution in [-0.2, 0) is 0 Å². The molecule has 8 nitrogen and oxygen atoms in total. The molecule has 0 fully saturated rings. The zero-order valence-corrected chi connectivity index (χ0v) is 17.4. The monoisotopic (exact) mass is 420 g/mol. The van der Waals surface area contributed by atoms with Gasteiger partial charge in [0.15, 0.2) is 11.3 Å².